The number of ether oxygens (including phenoxy) is 1. The zero-order chi connectivity index (χ0) is 17.1. The predicted molar refractivity (Wildman–Crippen MR) is 83.3 cm³/mol. The SMILES string of the molecule is O=[N+]([O-])c1ccc(NCc2cc3ccccc3o2)cc1OC(F)F. The van der Waals surface area contributed by atoms with E-state index in [-0.39, 0.29) is 0 Å². The van der Waals surface area contributed by atoms with Gasteiger partial charge in [0.25, 0.3) is 0 Å². The average molecular weight is 334 g/mol. The minimum Gasteiger partial charge on any atom is -0.459 e. The molecule has 0 radical (unpaired) electrons. The second-order valence-corrected chi connectivity index (χ2v) is 4.92. The molecular formula is C16H12F2N2O4. The van der Waals surface area contributed by atoms with Crippen molar-refractivity contribution in [3.05, 3.63) is 64.4 Å². The summed E-state index contributed by atoms with van der Waals surface area (Å²) in [5.74, 6) is 0.149. The number of para-hydroxylation sites is 1. The number of halogens is 2. The summed E-state index contributed by atoms with van der Waals surface area (Å²) in [6, 6.07) is 13.0. The second kappa shape index (κ2) is 6.53. The summed E-state index contributed by atoms with van der Waals surface area (Å²) in [5.41, 5.74) is 0.612. The molecule has 0 bridgehead atoms. The summed E-state index contributed by atoms with van der Waals surface area (Å²) in [6.45, 7) is -2.85. The van der Waals surface area contributed by atoms with Crippen LogP contribution in [0.1, 0.15) is 5.76 Å². The van der Waals surface area contributed by atoms with E-state index in [0.29, 0.717) is 18.0 Å². The number of anilines is 1. The van der Waals surface area contributed by atoms with E-state index in [4.69, 9.17) is 4.42 Å². The van der Waals surface area contributed by atoms with E-state index in [1.54, 1.807) is 0 Å². The number of hydrogen-bond donors (Lipinski definition) is 1. The van der Waals surface area contributed by atoms with Crippen LogP contribution in [0.4, 0.5) is 20.2 Å². The maximum atomic E-state index is 12.4. The first-order chi connectivity index (χ1) is 11.5. The van der Waals surface area contributed by atoms with E-state index in [1.165, 1.54) is 6.07 Å². The third-order valence-electron chi connectivity index (χ3n) is 3.32. The Balaban J connectivity index is 1.78. The van der Waals surface area contributed by atoms with Crippen LogP contribution >= 0.6 is 0 Å². The molecule has 0 atom stereocenters. The molecule has 0 unspecified atom stereocenters. The van der Waals surface area contributed by atoms with Gasteiger partial charge in [-0.1, -0.05) is 18.2 Å². The molecule has 1 heterocycles. The molecule has 3 rings (SSSR count). The fraction of sp³-hybridized carbons (Fsp3) is 0.125. The highest BCUT2D eigenvalue weighted by Crippen LogP contribution is 2.31. The van der Waals surface area contributed by atoms with Crippen LogP contribution in [0, 0.1) is 10.1 Å². The standard InChI is InChI=1S/C16H12F2N2O4/c17-16(18)24-15-8-11(5-6-13(15)20(21)22)19-9-12-7-10-3-1-2-4-14(10)23-12/h1-8,16,19H,9H2. The molecule has 0 fully saturated rings. The molecule has 0 spiro atoms. The third-order valence-corrected chi connectivity index (χ3v) is 3.32. The van der Waals surface area contributed by atoms with Crippen molar-refractivity contribution in [1.82, 2.24) is 0 Å². The highest BCUT2D eigenvalue weighted by molar-refractivity contribution is 5.77. The van der Waals surface area contributed by atoms with Gasteiger partial charge in [0, 0.05) is 23.2 Å². The van der Waals surface area contributed by atoms with Crippen molar-refractivity contribution in [2.75, 3.05) is 5.32 Å². The van der Waals surface area contributed by atoms with Gasteiger partial charge in [0.05, 0.1) is 11.5 Å². The molecule has 0 aliphatic heterocycles. The van der Waals surface area contributed by atoms with Crippen molar-refractivity contribution in [2.45, 2.75) is 13.2 Å². The van der Waals surface area contributed by atoms with Gasteiger partial charge in [-0.25, -0.2) is 0 Å². The molecule has 1 aromatic heterocycles. The Bertz CT molecular complexity index is 846. The van der Waals surface area contributed by atoms with Crippen LogP contribution in [0.5, 0.6) is 5.75 Å². The summed E-state index contributed by atoms with van der Waals surface area (Å²) in [5, 5.41) is 14.7. The van der Waals surface area contributed by atoms with Crippen LogP contribution in [0.25, 0.3) is 11.0 Å². The monoisotopic (exact) mass is 334 g/mol. The minimum atomic E-state index is -3.14. The first kappa shape index (κ1) is 15.7. The molecule has 8 heteroatoms. The van der Waals surface area contributed by atoms with Crippen molar-refractivity contribution in [3.63, 3.8) is 0 Å². The Morgan fingerprint density at radius 3 is 2.71 bits per heavy atom. The van der Waals surface area contributed by atoms with Crippen molar-refractivity contribution in [2.24, 2.45) is 0 Å². The van der Waals surface area contributed by atoms with Gasteiger partial charge >= 0.3 is 12.3 Å². The fourth-order valence-electron chi connectivity index (χ4n) is 2.28. The Morgan fingerprint density at radius 2 is 2.00 bits per heavy atom. The lowest BCUT2D eigenvalue weighted by Crippen LogP contribution is -2.06. The van der Waals surface area contributed by atoms with Gasteiger partial charge < -0.3 is 14.5 Å². The molecule has 124 valence electrons. The summed E-state index contributed by atoms with van der Waals surface area (Å²) in [4.78, 5) is 10.1. The number of nitro benzene ring substituents is 1. The number of benzene rings is 2. The Morgan fingerprint density at radius 1 is 1.21 bits per heavy atom. The largest absolute Gasteiger partial charge is 0.459 e. The molecule has 2 aromatic carbocycles. The maximum Gasteiger partial charge on any atom is 0.387 e. The quantitative estimate of drug-likeness (QED) is 0.528. The first-order valence-electron chi connectivity index (χ1n) is 6.97. The number of nitrogens with one attached hydrogen (secondary N) is 1. The van der Waals surface area contributed by atoms with Crippen molar-refractivity contribution in [3.8, 4) is 5.75 Å². The van der Waals surface area contributed by atoms with Gasteiger partial charge in [-0.2, -0.15) is 8.78 Å². The third kappa shape index (κ3) is 3.43. The smallest absolute Gasteiger partial charge is 0.387 e. The summed E-state index contributed by atoms with van der Waals surface area (Å²) >= 11 is 0. The van der Waals surface area contributed by atoms with Gasteiger partial charge in [0.2, 0.25) is 5.75 Å². The highest BCUT2D eigenvalue weighted by atomic mass is 19.3. The van der Waals surface area contributed by atoms with Gasteiger partial charge in [0.1, 0.15) is 11.3 Å². The summed E-state index contributed by atoms with van der Waals surface area (Å²) in [7, 11) is 0. The number of alkyl halides is 2. The van der Waals surface area contributed by atoms with Crippen molar-refractivity contribution >= 4 is 22.3 Å². The lowest BCUT2D eigenvalue weighted by Gasteiger charge is -2.09. The van der Waals surface area contributed by atoms with Crippen molar-refractivity contribution < 1.29 is 22.9 Å². The minimum absolute atomic E-state index is 0.292. The van der Waals surface area contributed by atoms with Crippen LogP contribution in [-0.2, 0) is 6.54 Å². The molecule has 1 N–H and O–H groups in total. The molecule has 0 aliphatic rings. The molecule has 0 saturated carbocycles. The normalized spacial score (nSPS) is 11.0. The van der Waals surface area contributed by atoms with E-state index in [2.05, 4.69) is 10.1 Å². The van der Waals surface area contributed by atoms with Gasteiger partial charge in [-0.05, 0) is 18.2 Å². The molecule has 24 heavy (non-hydrogen) atoms. The van der Waals surface area contributed by atoms with Crippen LogP contribution in [0.15, 0.2) is 52.9 Å². The number of nitrogens with zero attached hydrogens (tertiary/aromatic N) is 1. The van der Waals surface area contributed by atoms with Gasteiger partial charge in [-0.3, -0.25) is 10.1 Å². The van der Waals surface area contributed by atoms with Crippen LogP contribution in [-0.4, -0.2) is 11.5 Å². The zero-order valence-electron chi connectivity index (χ0n) is 12.2. The van der Waals surface area contributed by atoms with Crippen LogP contribution < -0.4 is 10.1 Å². The fourth-order valence-corrected chi connectivity index (χ4v) is 2.28. The van der Waals surface area contributed by atoms with Crippen LogP contribution in [0.2, 0.25) is 0 Å². The van der Waals surface area contributed by atoms with E-state index in [9.17, 15) is 18.9 Å². The van der Waals surface area contributed by atoms with E-state index in [0.717, 1.165) is 23.1 Å². The lowest BCUT2D eigenvalue weighted by atomic mass is 10.2. The predicted octanol–water partition coefficient (Wildman–Crippen LogP) is 4.55. The Hall–Kier alpha value is -3.16. The number of fused-ring (bicyclic) bond motifs is 1. The second-order valence-electron chi connectivity index (χ2n) is 4.92. The summed E-state index contributed by atoms with van der Waals surface area (Å²) < 4.78 is 34.6. The van der Waals surface area contributed by atoms with Crippen molar-refractivity contribution in [1.29, 1.82) is 0 Å². The Labute approximate surface area is 134 Å². The molecule has 3 aromatic rings. The van der Waals surface area contributed by atoms with Gasteiger partial charge in [0.15, 0.2) is 0 Å². The lowest BCUT2D eigenvalue weighted by molar-refractivity contribution is -0.386. The highest BCUT2D eigenvalue weighted by Gasteiger charge is 2.19. The molecule has 6 nitrogen and oxygen atoms in total. The average Bonchev–Trinajstić information content (AvgIpc) is 2.95. The van der Waals surface area contributed by atoms with E-state index >= 15 is 0 Å². The molecular weight excluding hydrogens is 322 g/mol. The molecule has 0 amide bonds. The molecule has 0 saturated heterocycles. The number of nitro groups is 1. The maximum absolute atomic E-state index is 12.4. The number of rotatable bonds is 6. The van der Waals surface area contributed by atoms with Crippen LogP contribution in [0.3, 0.4) is 0 Å². The number of furan rings is 1. The van der Waals surface area contributed by atoms with E-state index < -0.39 is 23.0 Å². The van der Waals surface area contributed by atoms with E-state index in [1.807, 2.05) is 30.3 Å². The Kier molecular flexibility index (Phi) is 4.28. The van der Waals surface area contributed by atoms with Gasteiger partial charge in [-0.15, -0.1) is 0 Å². The zero-order valence-corrected chi connectivity index (χ0v) is 12.2. The topological polar surface area (TPSA) is 77.5 Å². The molecule has 0 aliphatic carbocycles. The number of hydrogen-bond acceptors (Lipinski definition) is 5. The summed E-state index contributed by atoms with van der Waals surface area (Å²) in [6.07, 6.45) is 0. The first-order valence-corrected chi connectivity index (χ1v) is 6.97.